The standard InChI is InChI=1S/C35H36N2O6/c1-20(37-33(38)31-32(29(41-3)18-19-36-31)43-35(40)28-16-17-28)34(39)42-21(2)30(26-12-8-24(9-13-26)22-4-5-22)27-14-10-25(11-15-27)23-6-7-23/h8-15,18-20,22-23,28H,4-7,16-17H2,1-3H3,(H,37,38)/t20-/m0/s1. The normalized spacial score (nSPS) is 16.5. The molecule has 0 radical (unpaired) electrons. The highest BCUT2D eigenvalue weighted by Gasteiger charge is 2.34. The van der Waals surface area contributed by atoms with Crippen LogP contribution in [0.2, 0.25) is 0 Å². The predicted molar refractivity (Wildman–Crippen MR) is 161 cm³/mol. The van der Waals surface area contributed by atoms with Crippen LogP contribution in [0.25, 0.3) is 5.57 Å². The van der Waals surface area contributed by atoms with Crippen LogP contribution in [0.15, 0.2) is 66.6 Å². The average Bonchev–Trinajstić information content (AvgIpc) is 3.84. The second-order valence-electron chi connectivity index (χ2n) is 11.7. The SMILES string of the molecule is COc1ccnc(C(=O)N[C@@H](C)C(=O)OC(C)=C(c2ccc(C3CC3)cc2)c2ccc(C3CC3)cc2)c1OC(=O)C1CC1. The molecule has 3 aliphatic rings. The molecule has 3 fully saturated rings. The molecule has 8 heteroatoms. The lowest BCUT2D eigenvalue weighted by Crippen LogP contribution is -2.40. The fourth-order valence-corrected chi connectivity index (χ4v) is 5.22. The lowest BCUT2D eigenvalue weighted by atomic mass is 9.94. The zero-order valence-electron chi connectivity index (χ0n) is 24.7. The van der Waals surface area contributed by atoms with Gasteiger partial charge in [-0.25, -0.2) is 9.78 Å². The molecular formula is C35H36N2O6. The van der Waals surface area contributed by atoms with Gasteiger partial charge in [-0.1, -0.05) is 48.5 Å². The molecule has 8 nitrogen and oxygen atoms in total. The molecule has 1 heterocycles. The maximum atomic E-state index is 13.3. The zero-order valence-corrected chi connectivity index (χ0v) is 24.7. The minimum Gasteiger partial charge on any atom is -0.493 e. The Hall–Kier alpha value is -4.46. The molecule has 3 saturated carbocycles. The van der Waals surface area contributed by atoms with Crippen molar-refractivity contribution in [2.75, 3.05) is 7.11 Å². The Morgan fingerprint density at radius 2 is 1.40 bits per heavy atom. The Balaban J connectivity index is 1.21. The van der Waals surface area contributed by atoms with E-state index in [2.05, 4.69) is 58.8 Å². The van der Waals surface area contributed by atoms with Gasteiger partial charge < -0.3 is 19.5 Å². The molecule has 6 rings (SSSR count). The van der Waals surface area contributed by atoms with Gasteiger partial charge in [-0.15, -0.1) is 0 Å². The van der Waals surface area contributed by atoms with Crippen molar-refractivity contribution in [1.29, 1.82) is 0 Å². The number of aromatic nitrogens is 1. The number of methoxy groups -OCH3 is 1. The Morgan fingerprint density at radius 3 is 1.88 bits per heavy atom. The van der Waals surface area contributed by atoms with E-state index in [4.69, 9.17) is 14.2 Å². The summed E-state index contributed by atoms with van der Waals surface area (Å²) in [4.78, 5) is 43.0. The highest BCUT2D eigenvalue weighted by molar-refractivity contribution is 5.99. The van der Waals surface area contributed by atoms with E-state index in [0.717, 1.165) is 29.5 Å². The third-order valence-corrected chi connectivity index (χ3v) is 8.22. The quantitative estimate of drug-likeness (QED) is 0.210. The topological polar surface area (TPSA) is 104 Å². The summed E-state index contributed by atoms with van der Waals surface area (Å²) in [5.74, 6) is -0.0927. The summed E-state index contributed by atoms with van der Waals surface area (Å²) in [7, 11) is 1.41. The Labute approximate surface area is 251 Å². The van der Waals surface area contributed by atoms with E-state index in [-0.39, 0.29) is 23.1 Å². The van der Waals surface area contributed by atoms with Gasteiger partial charge in [-0.3, -0.25) is 9.59 Å². The third kappa shape index (κ3) is 6.63. The van der Waals surface area contributed by atoms with Gasteiger partial charge in [0.15, 0.2) is 11.4 Å². The second-order valence-corrected chi connectivity index (χ2v) is 11.7. The summed E-state index contributed by atoms with van der Waals surface area (Å²) in [6.07, 6.45) is 7.77. The van der Waals surface area contributed by atoms with Crippen LogP contribution >= 0.6 is 0 Å². The fraction of sp³-hybridized carbons (Fsp3) is 0.371. The highest BCUT2D eigenvalue weighted by Crippen LogP contribution is 2.42. The number of hydrogen-bond acceptors (Lipinski definition) is 7. The van der Waals surface area contributed by atoms with E-state index >= 15 is 0 Å². The molecule has 1 aromatic heterocycles. The van der Waals surface area contributed by atoms with E-state index < -0.39 is 23.9 Å². The molecule has 0 unspecified atom stereocenters. The lowest BCUT2D eigenvalue weighted by Gasteiger charge is -2.18. The van der Waals surface area contributed by atoms with Gasteiger partial charge in [-0.2, -0.15) is 0 Å². The number of benzene rings is 2. The highest BCUT2D eigenvalue weighted by atomic mass is 16.6. The first kappa shape index (κ1) is 28.6. The van der Waals surface area contributed by atoms with Crippen molar-refractivity contribution < 1.29 is 28.6 Å². The Kier molecular flexibility index (Phi) is 8.02. The molecule has 1 N–H and O–H groups in total. The van der Waals surface area contributed by atoms with E-state index in [1.54, 1.807) is 6.92 Å². The minimum atomic E-state index is -1.02. The molecule has 222 valence electrons. The number of esters is 2. The van der Waals surface area contributed by atoms with Crippen LogP contribution in [0, 0.1) is 5.92 Å². The van der Waals surface area contributed by atoms with Crippen molar-refractivity contribution >= 4 is 23.4 Å². The molecule has 0 saturated heterocycles. The van der Waals surface area contributed by atoms with Gasteiger partial charge in [0.25, 0.3) is 5.91 Å². The van der Waals surface area contributed by atoms with Crippen molar-refractivity contribution in [1.82, 2.24) is 10.3 Å². The largest absolute Gasteiger partial charge is 0.493 e. The van der Waals surface area contributed by atoms with Crippen molar-refractivity contribution in [3.63, 3.8) is 0 Å². The smallest absolute Gasteiger partial charge is 0.333 e. The van der Waals surface area contributed by atoms with Crippen molar-refractivity contribution in [2.24, 2.45) is 5.92 Å². The van der Waals surface area contributed by atoms with E-state index in [1.165, 1.54) is 63.1 Å². The number of allylic oxidation sites excluding steroid dienone is 1. The summed E-state index contributed by atoms with van der Waals surface area (Å²) < 4.78 is 16.7. The van der Waals surface area contributed by atoms with Gasteiger partial charge >= 0.3 is 11.9 Å². The predicted octanol–water partition coefficient (Wildman–Crippen LogP) is 6.30. The molecular weight excluding hydrogens is 544 g/mol. The number of nitrogens with zero attached hydrogens (tertiary/aromatic N) is 1. The summed E-state index contributed by atoms with van der Waals surface area (Å²) >= 11 is 0. The van der Waals surface area contributed by atoms with Crippen molar-refractivity contribution in [3.8, 4) is 11.5 Å². The molecule has 0 spiro atoms. The number of pyridine rings is 1. The van der Waals surface area contributed by atoms with Crippen LogP contribution in [0.3, 0.4) is 0 Å². The molecule has 3 aliphatic carbocycles. The van der Waals surface area contributed by atoms with Gasteiger partial charge in [0.2, 0.25) is 5.75 Å². The van der Waals surface area contributed by atoms with Crippen LogP contribution < -0.4 is 14.8 Å². The molecule has 43 heavy (non-hydrogen) atoms. The van der Waals surface area contributed by atoms with Crippen molar-refractivity contribution in [2.45, 2.75) is 70.3 Å². The molecule has 2 aromatic carbocycles. The average molecular weight is 581 g/mol. The van der Waals surface area contributed by atoms with Gasteiger partial charge in [0.05, 0.1) is 13.0 Å². The number of carbonyl (C=O) groups excluding carboxylic acids is 3. The molecule has 3 aromatic rings. The Morgan fingerprint density at radius 1 is 0.837 bits per heavy atom. The van der Waals surface area contributed by atoms with Gasteiger partial charge in [0.1, 0.15) is 11.8 Å². The van der Waals surface area contributed by atoms with Crippen LogP contribution in [0.5, 0.6) is 11.5 Å². The Bertz CT molecular complexity index is 1510. The summed E-state index contributed by atoms with van der Waals surface area (Å²) in [5, 5.41) is 2.64. The number of amides is 1. The van der Waals surface area contributed by atoms with E-state index in [9.17, 15) is 14.4 Å². The lowest BCUT2D eigenvalue weighted by molar-refractivity contribution is -0.141. The minimum absolute atomic E-state index is 0.0670. The van der Waals surface area contributed by atoms with Crippen LogP contribution in [-0.4, -0.2) is 36.0 Å². The maximum absolute atomic E-state index is 13.3. The van der Waals surface area contributed by atoms with E-state index in [0.29, 0.717) is 17.6 Å². The van der Waals surface area contributed by atoms with Crippen LogP contribution in [-0.2, 0) is 14.3 Å². The second kappa shape index (κ2) is 12.0. The molecule has 0 bridgehead atoms. The van der Waals surface area contributed by atoms with Crippen LogP contribution in [0.1, 0.15) is 97.0 Å². The summed E-state index contributed by atoms with van der Waals surface area (Å²) in [5.41, 5.74) is 5.23. The number of nitrogens with one attached hydrogen (secondary N) is 1. The maximum Gasteiger partial charge on any atom is 0.333 e. The summed E-state index contributed by atoms with van der Waals surface area (Å²) in [6.45, 7) is 3.31. The first-order chi connectivity index (χ1) is 20.8. The molecule has 1 amide bonds. The zero-order chi connectivity index (χ0) is 30.1. The van der Waals surface area contributed by atoms with Crippen LogP contribution in [0.4, 0.5) is 0 Å². The number of carbonyl (C=O) groups is 3. The number of hydrogen-bond donors (Lipinski definition) is 1. The first-order valence-corrected chi connectivity index (χ1v) is 15.0. The monoisotopic (exact) mass is 580 g/mol. The third-order valence-electron chi connectivity index (χ3n) is 8.22. The summed E-state index contributed by atoms with van der Waals surface area (Å²) in [6, 6.07) is 17.4. The number of rotatable bonds is 11. The van der Waals surface area contributed by atoms with Gasteiger partial charge in [0, 0.05) is 17.8 Å². The van der Waals surface area contributed by atoms with Crippen molar-refractivity contribution in [3.05, 3.63) is 94.5 Å². The van der Waals surface area contributed by atoms with E-state index in [1.807, 2.05) is 0 Å². The number of ether oxygens (including phenoxy) is 3. The first-order valence-electron chi connectivity index (χ1n) is 15.0. The van der Waals surface area contributed by atoms with Gasteiger partial charge in [-0.05, 0) is 86.5 Å². The molecule has 0 aliphatic heterocycles. The molecule has 1 atom stereocenters. The fourth-order valence-electron chi connectivity index (χ4n) is 5.22.